The van der Waals surface area contributed by atoms with E-state index >= 15 is 0 Å². The second-order valence-corrected chi connectivity index (χ2v) is 5.12. The second kappa shape index (κ2) is 4.48. The summed E-state index contributed by atoms with van der Waals surface area (Å²) in [5.41, 5.74) is -0.827. The highest BCUT2D eigenvalue weighted by molar-refractivity contribution is 5.99. The molecule has 1 atom stereocenters. The molecule has 0 saturated carbocycles. The number of rotatable bonds is 3. The summed E-state index contributed by atoms with van der Waals surface area (Å²) < 4.78 is 5.24. The largest absolute Gasteiger partial charge is 0.469 e. The first-order valence-electron chi connectivity index (χ1n) is 6.07. The average molecular weight is 250 g/mol. The molecule has 2 heterocycles. The molecule has 1 unspecified atom stereocenters. The van der Waals surface area contributed by atoms with Crippen molar-refractivity contribution in [3.05, 3.63) is 24.2 Å². The fourth-order valence-electron chi connectivity index (χ4n) is 2.12. The Hall–Kier alpha value is -1.78. The number of piperazine rings is 1. The van der Waals surface area contributed by atoms with Gasteiger partial charge < -0.3 is 14.6 Å². The van der Waals surface area contributed by atoms with E-state index < -0.39 is 11.6 Å². The third-order valence-corrected chi connectivity index (χ3v) is 3.26. The summed E-state index contributed by atoms with van der Waals surface area (Å²) in [6.07, 6.45) is 2.22. The van der Waals surface area contributed by atoms with Crippen molar-refractivity contribution in [1.29, 1.82) is 0 Å². The topological polar surface area (TPSA) is 62.6 Å². The molecule has 18 heavy (non-hydrogen) atoms. The SMILES string of the molecule is CC1C(=O)NC(C)(C)C(=O)N1CCc1ccco1. The standard InChI is InChI=1S/C13H18N2O3/c1-9-11(16)14-13(2,3)12(17)15(9)7-6-10-5-4-8-18-10/h4-5,8-9H,6-7H2,1-3H3,(H,14,16). The van der Waals surface area contributed by atoms with Gasteiger partial charge in [0, 0.05) is 13.0 Å². The first kappa shape index (κ1) is 12.7. The van der Waals surface area contributed by atoms with Gasteiger partial charge in [-0.25, -0.2) is 0 Å². The van der Waals surface area contributed by atoms with Crippen molar-refractivity contribution in [3.63, 3.8) is 0 Å². The van der Waals surface area contributed by atoms with Gasteiger partial charge in [-0.15, -0.1) is 0 Å². The van der Waals surface area contributed by atoms with Crippen LogP contribution in [0.15, 0.2) is 22.8 Å². The van der Waals surface area contributed by atoms with Gasteiger partial charge in [-0.1, -0.05) is 0 Å². The average Bonchev–Trinajstić information content (AvgIpc) is 2.79. The first-order chi connectivity index (χ1) is 8.42. The molecule has 1 aliphatic heterocycles. The highest BCUT2D eigenvalue weighted by Crippen LogP contribution is 2.18. The minimum absolute atomic E-state index is 0.0545. The van der Waals surface area contributed by atoms with Crippen molar-refractivity contribution >= 4 is 11.8 Å². The Morgan fingerprint density at radius 3 is 2.78 bits per heavy atom. The number of hydrogen-bond donors (Lipinski definition) is 1. The monoisotopic (exact) mass is 250 g/mol. The maximum Gasteiger partial charge on any atom is 0.248 e. The van der Waals surface area contributed by atoms with Gasteiger partial charge in [0.25, 0.3) is 0 Å². The maximum atomic E-state index is 12.2. The molecule has 0 spiro atoms. The molecule has 1 saturated heterocycles. The molecule has 2 rings (SSSR count). The Kier molecular flexibility index (Phi) is 3.15. The van der Waals surface area contributed by atoms with Gasteiger partial charge in [0.1, 0.15) is 17.3 Å². The van der Waals surface area contributed by atoms with Gasteiger partial charge in [0.05, 0.1) is 6.26 Å². The minimum Gasteiger partial charge on any atom is -0.469 e. The molecule has 5 nitrogen and oxygen atoms in total. The van der Waals surface area contributed by atoms with Crippen LogP contribution in [0.3, 0.4) is 0 Å². The van der Waals surface area contributed by atoms with Crippen molar-refractivity contribution < 1.29 is 14.0 Å². The summed E-state index contributed by atoms with van der Waals surface area (Å²) in [4.78, 5) is 25.7. The second-order valence-electron chi connectivity index (χ2n) is 5.12. The summed E-state index contributed by atoms with van der Waals surface area (Å²) in [5.74, 6) is 0.652. The van der Waals surface area contributed by atoms with Crippen LogP contribution in [-0.2, 0) is 16.0 Å². The Balaban J connectivity index is 2.09. The number of hydrogen-bond acceptors (Lipinski definition) is 3. The van der Waals surface area contributed by atoms with E-state index in [1.807, 2.05) is 12.1 Å². The lowest BCUT2D eigenvalue weighted by molar-refractivity contribution is -0.152. The summed E-state index contributed by atoms with van der Waals surface area (Å²) in [6, 6.07) is 3.25. The molecule has 1 aromatic rings. The molecule has 0 radical (unpaired) electrons. The van der Waals surface area contributed by atoms with Crippen LogP contribution >= 0.6 is 0 Å². The number of carbonyl (C=O) groups excluding carboxylic acids is 2. The molecule has 1 fully saturated rings. The minimum atomic E-state index is -0.827. The van der Waals surface area contributed by atoms with E-state index in [1.54, 1.807) is 31.9 Å². The molecular weight excluding hydrogens is 232 g/mol. The zero-order valence-corrected chi connectivity index (χ0v) is 10.9. The summed E-state index contributed by atoms with van der Waals surface area (Å²) in [7, 11) is 0. The van der Waals surface area contributed by atoms with Gasteiger partial charge in [-0.2, -0.15) is 0 Å². The highest BCUT2D eigenvalue weighted by atomic mass is 16.3. The number of nitrogens with zero attached hydrogens (tertiary/aromatic N) is 1. The van der Waals surface area contributed by atoms with Gasteiger partial charge in [0.15, 0.2) is 0 Å². The van der Waals surface area contributed by atoms with E-state index in [-0.39, 0.29) is 11.8 Å². The van der Waals surface area contributed by atoms with Crippen molar-refractivity contribution in [2.75, 3.05) is 6.54 Å². The van der Waals surface area contributed by atoms with E-state index in [0.717, 1.165) is 5.76 Å². The summed E-state index contributed by atoms with van der Waals surface area (Å²) in [5, 5.41) is 2.72. The zero-order chi connectivity index (χ0) is 13.3. The third kappa shape index (κ3) is 2.25. The van der Waals surface area contributed by atoms with Crippen LogP contribution in [0.25, 0.3) is 0 Å². The lowest BCUT2D eigenvalue weighted by Crippen LogP contribution is -2.67. The first-order valence-corrected chi connectivity index (χ1v) is 6.07. The molecule has 5 heteroatoms. The molecule has 0 bridgehead atoms. The van der Waals surface area contributed by atoms with Gasteiger partial charge in [-0.3, -0.25) is 9.59 Å². The Labute approximate surface area is 106 Å². The van der Waals surface area contributed by atoms with Crippen molar-refractivity contribution in [3.8, 4) is 0 Å². The molecular formula is C13H18N2O3. The fourth-order valence-corrected chi connectivity index (χ4v) is 2.12. The summed E-state index contributed by atoms with van der Waals surface area (Å²) in [6.45, 7) is 5.67. The molecule has 0 aliphatic carbocycles. The number of carbonyl (C=O) groups is 2. The lowest BCUT2D eigenvalue weighted by Gasteiger charge is -2.41. The quantitative estimate of drug-likeness (QED) is 0.868. The molecule has 0 aromatic carbocycles. The van der Waals surface area contributed by atoms with Gasteiger partial charge in [-0.05, 0) is 32.9 Å². The van der Waals surface area contributed by atoms with E-state index in [1.165, 1.54) is 0 Å². The van der Waals surface area contributed by atoms with E-state index in [0.29, 0.717) is 13.0 Å². The van der Waals surface area contributed by atoms with Crippen LogP contribution in [0.4, 0.5) is 0 Å². The van der Waals surface area contributed by atoms with Crippen LogP contribution in [0.5, 0.6) is 0 Å². The summed E-state index contributed by atoms with van der Waals surface area (Å²) >= 11 is 0. The zero-order valence-electron chi connectivity index (χ0n) is 10.9. The Bertz CT molecular complexity index is 451. The van der Waals surface area contributed by atoms with Crippen molar-refractivity contribution in [2.24, 2.45) is 0 Å². The maximum absolute atomic E-state index is 12.2. The van der Waals surface area contributed by atoms with Crippen LogP contribution in [-0.4, -0.2) is 34.8 Å². The highest BCUT2D eigenvalue weighted by Gasteiger charge is 2.42. The van der Waals surface area contributed by atoms with Crippen molar-refractivity contribution in [2.45, 2.75) is 38.8 Å². The Morgan fingerprint density at radius 2 is 2.17 bits per heavy atom. The smallest absolute Gasteiger partial charge is 0.248 e. The van der Waals surface area contributed by atoms with Gasteiger partial charge >= 0.3 is 0 Å². The molecule has 98 valence electrons. The van der Waals surface area contributed by atoms with Crippen LogP contribution < -0.4 is 5.32 Å². The predicted octanol–water partition coefficient (Wildman–Crippen LogP) is 0.948. The normalized spacial score (nSPS) is 23.1. The third-order valence-electron chi connectivity index (χ3n) is 3.26. The lowest BCUT2D eigenvalue weighted by atomic mass is 9.97. The fraction of sp³-hybridized carbons (Fsp3) is 0.538. The molecule has 1 aromatic heterocycles. The van der Waals surface area contributed by atoms with Crippen LogP contribution in [0.1, 0.15) is 26.5 Å². The van der Waals surface area contributed by atoms with Crippen molar-refractivity contribution in [1.82, 2.24) is 10.2 Å². The number of nitrogens with one attached hydrogen (secondary N) is 1. The number of furan rings is 1. The Morgan fingerprint density at radius 1 is 1.44 bits per heavy atom. The van der Waals surface area contributed by atoms with Gasteiger partial charge in [0.2, 0.25) is 11.8 Å². The molecule has 1 aliphatic rings. The predicted molar refractivity (Wildman–Crippen MR) is 65.8 cm³/mol. The van der Waals surface area contributed by atoms with E-state index in [9.17, 15) is 9.59 Å². The van der Waals surface area contributed by atoms with E-state index in [4.69, 9.17) is 4.42 Å². The van der Waals surface area contributed by atoms with Crippen LogP contribution in [0.2, 0.25) is 0 Å². The molecule has 1 N–H and O–H groups in total. The van der Waals surface area contributed by atoms with Crippen LogP contribution in [0, 0.1) is 0 Å². The molecule has 2 amide bonds. The number of amides is 2. The van der Waals surface area contributed by atoms with E-state index in [2.05, 4.69) is 5.32 Å².